The van der Waals surface area contributed by atoms with Crippen LogP contribution >= 0.6 is 22.7 Å². The molecular formula is C16H12N4O3S2. The second kappa shape index (κ2) is 8.18. The van der Waals surface area contributed by atoms with E-state index in [9.17, 15) is 9.59 Å². The van der Waals surface area contributed by atoms with Crippen molar-refractivity contribution in [2.75, 3.05) is 0 Å². The molecule has 7 nitrogen and oxygen atoms in total. The Morgan fingerprint density at radius 1 is 0.840 bits per heavy atom. The van der Waals surface area contributed by atoms with Gasteiger partial charge in [0.2, 0.25) is 0 Å². The van der Waals surface area contributed by atoms with Gasteiger partial charge in [0.15, 0.2) is 11.5 Å². The third-order valence-electron chi connectivity index (χ3n) is 2.90. The highest BCUT2D eigenvalue weighted by molar-refractivity contribution is 7.08. The zero-order chi connectivity index (χ0) is 17.5. The van der Waals surface area contributed by atoms with Crippen LogP contribution in [0.5, 0.6) is 0 Å². The number of nitrogens with zero attached hydrogens (tertiary/aromatic N) is 2. The minimum atomic E-state index is -0.549. The first kappa shape index (κ1) is 16.8. The Morgan fingerprint density at radius 3 is 1.72 bits per heavy atom. The van der Waals surface area contributed by atoms with E-state index in [4.69, 9.17) is 4.42 Å². The topological polar surface area (TPSA) is 96.1 Å². The van der Waals surface area contributed by atoms with Crippen LogP contribution in [0.25, 0.3) is 0 Å². The summed E-state index contributed by atoms with van der Waals surface area (Å²) in [5.74, 6) is -1.14. The van der Waals surface area contributed by atoms with Crippen LogP contribution in [0.2, 0.25) is 0 Å². The Kier molecular flexibility index (Phi) is 5.50. The van der Waals surface area contributed by atoms with Gasteiger partial charge in [0.05, 0.1) is 12.4 Å². The molecular weight excluding hydrogens is 360 g/mol. The predicted molar refractivity (Wildman–Crippen MR) is 97.5 cm³/mol. The zero-order valence-corrected chi connectivity index (χ0v) is 14.3. The van der Waals surface area contributed by atoms with Crippen molar-refractivity contribution in [3.63, 3.8) is 0 Å². The van der Waals surface area contributed by atoms with E-state index in [0.717, 1.165) is 11.1 Å². The van der Waals surface area contributed by atoms with Crippen LogP contribution in [-0.2, 0) is 0 Å². The van der Waals surface area contributed by atoms with Crippen LogP contribution in [0.3, 0.4) is 0 Å². The van der Waals surface area contributed by atoms with Crippen LogP contribution in [0.15, 0.2) is 60.4 Å². The molecule has 0 fully saturated rings. The second-order valence-corrected chi connectivity index (χ2v) is 6.24. The molecule has 25 heavy (non-hydrogen) atoms. The molecule has 0 unspecified atom stereocenters. The summed E-state index contributed by atoms with van der Waals surface area (Å²) in [6.45, 7) is 0. The van der Waals surface area contributed by atoms with Crippen LogP contribution in [0.4, 0.5) is 0 Å². The number of nitrogens with one attached hydrogen (secondary N) is 2. The van der Waals surface area contributed by atoms with E-state index >= 15 is 0 Å². The second-order valence-electron chi connectivity index (χ2n) is 4.68. The normalized spacial score (nSPS) is 11.2. The highest BCUT2D eigenvalue weighted by Crippen LogP contribution is 2.08. The summed E-state index contributed by atoms with van der Waals surface area (Å²) in [4.78, 5) is 23.8. The Morgan fingerprint density at radius 2 is 1.32 bits per heavy atom. The zero-order valence-electron chi connectivity index (χ0n) is 12.7. The minimum Gasteiger partial charge on any atom is -0.446 e. The molecule has 2 amide bonds. The van der Waals surface area contributed by atoms with Gasteiger partial charge in [-0.15, -0.1) is 0 Å². The molecule has 0 aromatic carbocycles. The Balaban J connectivity index is 1.54. The summed E-state index contributed by atoms with van der Waals surface area (Å²) in [5, 5.41) is 15.2. The first-order valence-electron chi connectivity index (χ1n) is 7.03. The summed E-state index contributed by atoms with van der Waals surface area (Å²) >= 11 is 3.06. The van der Waals surface area contributed by atoms with E-state index in [1.165, 1.54) is 47.2 Å². The number of thiophene rings is 2. The maximum absolute atomic E-state index is 11.9. The number of furan rings is 1. The highest BCUT2D eigenvalue weighted by atomic mass is 32.1. The summed E-state index contributed by atoms with van der Waals surface area (Å²) in [5.41, 5.74) is 6.43. The fourth-order valence-electron chi connectivity index (χ4n) is 1.72. The summed E-state index contributed by atoms with van der Waals surface area (Å²) < 4.78 is 5.22. The molecule has 0 bridgehead atoms. The molecule has 0 atom stereocenters. The van der Waals surface area contributed by atoms with Crippen LogP contribution in [-0.4, -0.2) is 24.2 Å². The smallest absolute Gasteiger partial charge is 0.307 e. The average molecular weight is 372 g/mol. The van der Waals surface area contributed by atoms with E-state index in [0.29, 0.717) is 0 Å². The van der Waals surface area contributed by atoms with Gasteiger partial charge in [-0.1, -0.05) is 0 Å². The molecule has 0 spiro atoms. The number of rotatable bonds is 6. The van der Waals surface area contributed by atoms with Crippen molar-refractivity contribution in [1.82, 2.24) is 10.9 Å². The number of amides is 2. The molecule has 126 valence electrons. The first-order valence-corrected chi connectivity index (χ1v) is 8.92. The number of hydrazone groups is 2. The molecule has 9 heteroatoms. The van der Waals surface area contributed by atoms with Gasteiger partial charge in [0.25, 0.3) is 0 Å². The SMILES string of the molecule is O=C(N/N=C\c1ccsc1)c1ccc(C(=O)N/N=C\c2ccsc2)o1. The van der Waals surface area contributed by atoms with Gasteiger partial charge in [0.1, 0.15) is 0 Å². The van der Waals surface area contributed by atoms with E-state index in [2.05, 4.69) is 21.1 Å². The van der Waals surface area contributed by atoms with Crippen LogP contribution < -0.4 is 10.9 Å². The maximum Gasteiger partial charge on any atom is 0.307 e. The molecule has 0 saturated carbocycles. The molecule has 0 radical (unpaired) electrons. The molecule has 0 aliphatic carbocycles. The van der Waals surface area contributed by atoms with E-state index in [1.54, 1.807) is 0 Å². The van der Waals surface area contributed by atoms with Gasteiger partial charge in [-0.05, 0) is 45.8 Å². The monoisotopic (exact) mass is 372 g/mol. The van der Waals surface area contributed by atoms with E-state index < -0.39 is 11.8 Å². The molecule has 0 aliphatic heterocycles. The van der Waals surface area contributed by atoms with Crippen LogP contribution in [0, 0.1) is 0 Å². The molecule has 3 aromatic heterocycles. The van der Waals surface area contributed by atoms with Crippen molar-refractivity contribution in [3.05, 3.63) is 68.4 Å². The summed E-state index contributed by atoms with van der Waals surface area (Å²) in [7, 11) is 0. The molecule has 3 rings (SSSR count). The first-order chi connectivity index (χ1) is 12.2. The average Bonchev–Trinajstić information content (AvgIpc) is 3.36. The molecule has 0 saturated heterocycles. The van der Waals surface area contributed by atoms with Crippen LogP contribution in [0.1, 0.15) is 32.2 Å². The van der Waals surface area contributed by atoms with E-state index in [-0.39, 0.29) is 11.5 Å². The third kappa shape index (κ3) is 4.72. The van der Waals surface area contributed by atoms with Gasteiger partial charge in [-0.2, -0.15) is 32.9 Å². The lowest BCUT2D eigenvalue weighted by atomic mass is 10.4. The molecule has 0 aliphatic rings. The fourth-order valence-corrected chi connectivity index (χ4v) is 2.94. The lowest BCUT2D eigenvalue weighted by Gasteiger charge is -1.96. The molecule has 3 aromatic rings. The Bertz CT molecular complexity index is 823. The van der Waals surface area contributed by atoms with Crippen molar-refractivity contribution in [2.24, 2.45) is 10.2 Å². The largest absolute Gasteiger partial charge is 0.446 e. The van der Waals surface area contributed by atoms with Crippen molar-refractivity contribution in [1.29, 1.82) is 0 Å². The third-order valence-corrected chi connectivity index (χ3v) is 4.30. The minimum absolute atomic E-state index is 0.0190. The lowest BCUT2D eigenvalue weighted by Crippen LogP contribution is -2.18. The highest BCUT2D eigenvalue weighted by Gasteiger charge is 2.15. The quantitative estimate of drug-likeness (QED) is 0.514. The molecule has 2 N–H and O–H groups in total. The maximum atomic E-state index is 11.9. The number of hydrogen-bond donors (Lipinski definition) is 2. The number of carbonyl (C=O) groups excluding carboxylic acids is 2. The van der Waals surface area contributed by atoms with E-state index in [1.807, 2.05) is 33.7 Å². The van der Waals surface area contributed by atoms with Gasteiger partial charge in [-0.25, -0.2) is 10.9 Å². The van der Waals surface area contributed by atoms with Gasteiger partial charge in [0, 0.05) is 11.1 Å². The standard InChI is InChI=1S/C16H12N4O3S2/c21-15(19-17-7-11-3-5-24-9-11)13-1-2-14(23-13)16(22)20-18-8-12-4-6-25-10-12/h1-10H,(H,19,21)(H,20,22)/b17-7-,18-8-. The Hall–Kier alpha value is -3.04. The van der Waals surface area contributed by atoms with Gasteiger partial charge < -0.3 is 4.42 Å². The lowest BCUT2D eigenvalue weighted by molar-refractivity contribution is 0.0902. The summed E-state index contributed by atoms with van der Waals surface area (Å²) in [6.07, 6.45) is 3.04. The van der Waals surface area contributed by atoms with Crippen molar-refractivity contribution < 1.29 is 14.0 Å². The van der Waals surface area contributed by atoms with Gasteiger partial charge in [-0.3, -0.25) is 9.59 Å². The Labute approximate surface area is 150 Å². The van der Waals surface area contributed by atoms with Crippen molar-refractivity contribution >= 4 is 46.9 Å². The predicted octanol–water partition coefficient (Wildman–Crippen LogP) is 2.93. The van der Waals surface area contributed by atoms with Crippen molar-refractivity contribution in [2.45, 2.75) is 0 Å². The number of carbonyl (C=O) groups is 2. The number of hydrogen-bond acceptors (Lipinski definition) is 7. The molecule has 3 heterocycles. The van der Waals surface area contributed by atoms with Gasteiger partial charge >= 0.3 is 11.8 Å². The van der Waals surface area contributed by atoms with Crippen molar-refractivity contribution in [3.8, 4) is 0 Å². The fraction of sp³-hybridized carbons (Fsp3) is 0. The summed E-state index contributed by atoms with van der Waals surface area (Å²) in [6, 6.07) is 6.53.